The number of aryl methyl sites for hydroxylation is 2. The van der Waals surface area contributed by atoms with Crippen LogP contribution in [0, 0.1) is 31.6 Å². The van der Waals surface area contributed by atoms with Crippen LogP contribution in [0.4, 0.5) is 0 Å². The van der Waals surface area contributed by atoms with Crippen molar-refractivity contribution in [2.24, 2.45) is 23.5 Å². The third-order valence-electron chi connectivity index (χ3n) is 3.75. The molecule has 1 atom stereocenters. The van der Waals surface area contributed by atoms with E-state index in [9.17, 15) is 0 Å². The lowest BCUT2D eigenvalue weighted by molar-refractivity contribution is 0.239. The lowest BCUT2D eigenvalue weighted by Gasteiger charge is -2.32. The minimum absolute atomic E-state index is 0.148. The molecule has 0 aliphatic rings. The van der Waals surface area contributed by atoms with E-state index < -0.39 is 0 Å². The van der Waals surface area contributed by atoms with Crippen molar-refractivity contribution in [3.63, 3.8) is 0 Å². The summed E-state index contributed by atoms with van der Waals surface area (Å²) < 4.78 is 0. The van der Waals surface area contributed by atoms with Crippen molar-refractivity contribution in [2.45, 2.75) is 47.6 Å². The Morgan fingerprint density at radius 1 is 0.941 bits per heavy atom. The molecule has 1 aromatic rings. The van der Waals surface area contributed by atoms with E-state index in [1.165, 1.54) is 16.7 Å². The molecular formula is C16H27N. The van der Waals surface area contributed by atoms with E-state index in [-0.39, 0.29) is 6.04 Å². The first kappa shape index (κ1) is 14.2. The van der Waals surface area contributed by atoms with Gasteiger partial charge in [0, 0.05) is 6.04 Å². The van der Waals surface area contributed by atoms with Crippen molar-refractivity contribution < 1.29 is 0 Å². The molecule has 1 aromatic carbocycles. The fraction of sp³-hybridized carbons (Fsp3) is 0.625. The second kappa shape index (κ2) is 5.68. The van der Waals surface area contributed by atoms with Crippen LogP contribution < -0.4 is 5.73 Å². The molecule has 2 N–H and O–H groups in total. The van der Waals surface area contributed by atoms with Crippen molar-refractivity contribution in [3.8, 4) is 0 Å². The zero-order valence-corrected chi connectivity index (χ0v) is 12.1. The van der Waals surface area contributed by atoms with Gasteiger partial charge in [0.1, 0.15) is 0 Å². The summed E-state index contributed by atoms with van der Waals surface area (Å²) in [5.41, 5.74) is 10.4. The summed E-state index contributed by atoms with van der Waals surface area (Å²) >= 11 is 0. The van der Waals surface area contributed by atoms with Gasteiger partial charge in [0.2, 0.25) is 0 Å². The Morgan fingerprint density at radius 3 is 1.94 bits per heavy atom. The van der Waals surface area contributed by atoms with Gasteiger partial charge in [-0.3, -0.25) is 0 Å². The van der Waals surface area contributed by atoms with E-state index in [0.29, 0.717) is 17.8 Å². The quantitative estimate of drug-likeness (QED) is 0.827. The molecule has 0 aliphatic heterocycles. The van der Waals surface area contributed by atoms with Crippen molar-refractivity contribution in [2.75, 3.05) is 0 Å². The molecule has 0 saturated carbocycles. The van der Waals surface area contributed by atoms with E-state index in [4.69, 9.17) is 5.73 Å². The molecule has 1 heteroatoms. The Morgan fingerprint density at radius 2 is 1.47 bits per heavy atom. The smallest absolute Gasteiger partial charge is 0.0331 e. The van der Waals surface area contributed by atoms with Gasteiger partial charge in [-0.2, -0.15) is 0 Å². The summed E-state index contributed by atoms with van der Waals surface area (Å²) in [7, 11) is 0. The summed E-state index contributed by atoms with van der Waals surface area (Å²) in [5, 5.41) is 0. The van der Waals surface area contributed by atoms with Crippen LogP contribution in [0.5, 0.6) is 0 Å². The Bertz CT molecular complexity index is 358. The SMILES string of the molecule is Cc1ccc(C)c(C(N)C(C(C)C)C(C)C)c1. The van der Waals surface area contributed by atoms with Gasteiger partial charge in [-0.15, -0.1) is 0 Å². The number of hydrogen-bond acceptors (Lipinski definition) is 1. The summed E-state index contributed by atoms with van der Waals surface area (Å²) in [6.45, 7) is 13.4. The molecule has 0 heterocycles. The largest absolute Gasteiger partial charge is 0.324 e. The average Bonchev–Trinajstić information content (AvgIpc) is 2.20. The first-order valence-corrected chi connectivity index (χ1v) is 6.67. The maximum Gasteiger partial charge on any atom is 0.0331 e. The normalized spacial score (nSPS) is 13.8. The van der Waals surface area contributed by atoms with Crippen LogP contribution >= 0.6 is 0 Å². The molecule has 1 rings (SSSR count). The summed E-state index contributed by atoms with van der Waals surface area (Å²) in [6.07, 6.45) is 0. The van der Waals surface area contributed by atoms with Gasteiger partial charge in [0.15, 0.2) is 0 Å². The van der Waals surface area contributed by atoms with Gasteiger partial charge in [0.05, 0.1) is 0 Å². The van der Waals surface area contributed by atoms with Crippen molar-refractivity contribution >= 4 is 0 Å². The van der Waals surface area contributed by atoms with Crippen molar-refractivity contribution in [3.05, 3.63) is 34.9 Å². The number of benzene rings is 1. The molecule has 1 nitrogen and oxygen atoms in total. The van der Waals surface area contributed by atoms with Crippen LogP contribution in [-0.4, -0.2) is 0 Å². The monoisotopic (exact) mass is 233 g/mol. The maximum absolute atomic E-state index is 6.51. The number of hydrogen-bond donors (Lipinski definition) is 1. The second-order valence-electron chi connectivity index (χ2n) is 5.95. The summed E-state index contributed by atoms with van der Waals surface area (Å²) in [4.78, 5) is 0. The van der Waals surface area contributed by atoms with Gasteiger partial charge >= 0.3 is 0 Å². The predicted molar refractivity (Wildman–Crippen MR) is 76.0 cm³/mol. The Hall–Kier alpha value is -0.820. The lowest BCUT2D eigenvalue weighted by atomic mass is 9.76. The highest BCUT2D eigenvalue weighted by atomic mass is 14.7. The summed E-state index contributed by atoms with van der Waals surface area (Å²) in [6, 6.07) is 6.74. The van der Waals surface area contributed by atoms with Crippen molar-refractivity contribution in [1.82, 2.24) is 0 Å². The Labute approximate surface area is 106 Å². The van der Waals surface area contributed by atoms with E-state index in [2.05, 4.69) is 59.7 Å². The highest BCUT2D eigenvalue weighted by Gasteiger charge is 2.26. The Kier molecular flexibility index (Phi) is 4.76. The zero-order valence-electron chi connectivity index (χ0n) is 12.1. The minimum Gasteiger partial charge on any atom is -0.324 e. The number of rotatable bonds is 4. The van der Waals surface area contributed by atoms with Gasteiger partial charge in [-0.1, -0.05) is 51.5 Å². The first-order chi connectivity index (χ1) is 7.84. The van der Waals surface area contributed by atoms with E-state index in [1.807, 2.05) is 0 Å². The topological polar surface area (TPSA) is 26.0 Å². The maximum atomic E-state index is 6.51. The fourth-order valence-electron chi connectivity index (χ4n) is 2.93. The van der Waals surface area contributed by atoms with Gasteiger partial charge < -0.3 is 5.73 Å². The average molecular weight is 233 g/mol. The molecule has 0 spiro atoms. The van der Waals surface area contributed by atoms with Gasteiger partial charge in [-0.05, 0) is 42.7 Å². The third kappa shape index (κ3) is 3.32. The standard InChI is InChI=1S/C16H27N/c1-10(2)15(11(3)4)16(17)14-9-12(5)7-8-13(14)6/h7-11,15-16H,17H2,1-6H3. The van der Waals surface area contributed by atoms with Crippen LogP contribution in [0.3, 0.4) is 0 Å². The highest BCUT2D eigenvalue weighted by Crippen LogP contribution is 2.33. The van der Waals surface area contributed by atoms with Crippen LogP contribution in [0.2, 0.25) is 0 Å². The van der Waals surface area contributed by atoms with Crippen LogP contribution in [0.25, 0.3) is 0 Å². The van der Waals surface area contributed by atoms with Crippen molar-refractivity contribution in [1.29, 1.82) is 0 Å². The third-order valence-corrected chi connectivity index (χ3v) is 3.75. The molecule has 96 valence electrons. The van der Waals surface area contributed by atoms with Crippen LogP contribution in [-0.2, 0) is 0 Å². The highest BCUT2D eigenvalue weighted by molar-refractivity contribution is 5.33. The molecule has 0 saturated heterocycles. The molecule has 17 heavy (non-hydrogen) atoms. The molecule has 0 amide bonds. The minimum atomic E-state index is 0.148. The molecule has 0 aliphatic carbocycles. The molecular weight excluding hydrogens is 206 g/mol. The van der Waals surface area contributed by atoms with Crippen LogP contribution in [0.15, 0.2) is 18.2 Å². The van der Waals surface area contributed by atoms with E-state index in [1.54, 1.807) is 0 Å². The Balaban J connectivity index is 3.09. The molecule has 0 radical (unpaired) electrons. The lowest BCUT2D eigenvalue weighted by Crippen LogP contribution is -2.30. The van der Waals surface area contributed by atoms with E-state index >= 15 is 0 Å². The predicted octanol–water partition coefficient (Wildman–Crippen LogP) is 4.23. The fourth-order valence-corrected chi connectivity index (χ4v) is 2.93. The molecule has 0 aromatic heterocycles. The van der Waals surface area contributed by atoms with E-state index in [0.717, 1.165) is 0 Å². The number of nitrogens with two attached hydrogens (primary N) is 1. The zero-order chi connectivity index (χ0) is 13.2. The van der Waals surface area contributed by atoms with Crippen LogP contribution in [0.1, 0.15) is 50.4 Å². The first-order valence-electron chi connectivity index (χ1n) is 6.67. The summed E-state index contributed by atoms with van der Waals surface area (Å²) in [5.74, 6) is 1.77. The second-order valence-corrected chi connectivity index (χ2v) is 5.95. The molecule has 1 unspecified atom stereocenters. The van der Waals surface area contributed by atoms with Gasteiger partial charge in [-0.25, -0.2) is 0 Å². The molecule has 0 bridgehead atoms. The van der Waals surface area contributed by atoms with Gasteiger partial charge in [0.25, 0.3) is 0 Å². The molecule has 0 fully saturated rings.